The molecule has 1 aromatic carbocycles. The maximum Gasteiger partial charge on any atom is 0.230 e. The highest BCUT2D eigenvalue weighted by atomic mass is 16.5. The van der Waals surface area contributed by atoms with Crippen molar-refractivity contribution in [2.24, 2.45) is 0 Å². The summed E-state index contributed by atoms with van der Waals surface area (Å²) in [6.45, 7) is 6.86. The topological polar surface area (TPSA) is 42.0 Å². The van der Waals surface area contributed by atoms with E-state index in [1.807, 2.05) is 4.90 Å². The van der Waals surface area contributed by atoms with Gasteiger partial charge in [0.05, 0.1) is 25.7 Å². The largest absolute Gasteiger partial charge is 0.380 e. The van der Waals surface area contributed by atoms with Gasteiger partial charge in [-0.2, -0.15) is 0 Å². The van der Waals surface area contributed by atoms with E-state index in [2.05, 4.69) is 29.2 Å². The number of rotatable bonds is 2. The quantitative estimate of drug-likeness (QED) is 0.800. The van der Waals surface area contributed by atoms with Crippen molar-refractivity contribution in [2.45, 2.75) is 43.1 Å². The first-order valence-electron chi connectivity index (χ1n) is 10.5. The highest BCUT2D eigenvalue weighted by Gasteiger charge is 2.48. The molecule has 0 unspecified atom stereocenters. The summed E-state index contributed by atoms with van der Waals surface area (Å²) < 4.78 is 11.0. The minimum Gasteiger partial charge on any atom is -0.380 e. The highest BCUT2D eigenvalue weighted by Crippen LogP contribution is 2.52. The van der Waals surface area contributed by atoms with Gasteiger partial charge in [0.15, 0.2) is 0 Å². The molecule has 0 bridgehead atoms. The Balaban J connectivity index is 1.36. The lowest BCUT2D eigenvalue weighted by Crippen LogP contribution is -2.47. The average Bonchev–Trinajstić information content (AvgIpc) is 3.37. The molecule has 1 amide bonds. The second kappa shape index (κ2) is 7.19. The minimum atomic E-state index is 0.0284. The number of carbonyl (C=O) groups excluding carboxylic acids is 1. The normalized spacial score (nSPS) is 30.6. The fourth-order valence-corrected chi connectivity index (χ4v) is 5.72. The summed E-state index contributed by atoms with van der Waals surface area (Å²) in [5.74, 6) is 0.343. The molecule has 146 valence electrons. The van der Waals surface area contributed by atoms with E-state index < -0.39 is 0 Å². The lowest BCUT2D eigenvalue weighted by atomic mass is 9.73. The van der Waals surface area contributed by atoms with Crippen LogP contribution < -0.4 is 0 Å². The fraction of sp³-hybridized carbons (Fsp3) is 0.682. The van der Waals surface area contributed by atoms with Gasteiger partial charge in [0.25, 0.3) is 0 Å². The second-order valence-corrected chi connectivity index (χ2v) is 8.62. The summed E-state index contributed by atoms with van der Waals surface area (Å²) in [5.41, 5.74) is 2.91. The maximum absolute atomic E-state index is 13.3. The zero-order valence-electron chi connectivity index (χ0n) is 16.1. The van der Waals surface area contributed by atoms with Crippen LogP contribution in [0.5, 0.6) is 0 Å². The highest BCUT2D eigenvalue weighted by molar-refractivity contribution is 5.86. The molecule has 3 fully saturated rings. The predicted octanol–water partition coefficient (Wildman–Crippen LogP) is 2.16. The molecule has 0 aromatic heterocycles. The van der Waals surface area contributed by atoms with Crippen molar-refractivity contribution in [3.05, 3.63) is 35.4 Å². The summed E-state index contributed by atoms with van der Waals surface area (Å²) >= 11 is 0. The van der Waals surface area contributed by atoms with Crippen molar-refractivity contribution < 1.29 is 14.3 Å². The number of nitrogens with zero attached hydrogens (tertiary/aromatic N) is 2. The molecular weight excluding hydrogens is 340 g/mol. The minimum absolute atomic E-state index is 0.0284. The third-order valence-electron chi connectivity index (χ3n) is 7.30. The van der Waals surface area contributed by atoms with Crippen molar-refractivity contribution in [3.63, 3.8) is 0 Å². The molecule has 5 rings (SSSR count). The molecule has 4 aliphatic rings. The summed E-state index contributed by atoms with van der Waals surface area (Å²) in [5, 5.41) is 0. The van der Waals surface area contributed by atoms with E-state index in [1.54, 1.807) is 0 Å². The Hall–Kier alpha value is -1.43. The maximum atomic E-state index is 13.3. The first kappa shape index (κ1) is 17.7. The number of hydrogen-bond acceptors (Lipinski definition) is 4. The molecule has 2 atom stereocenters. The molecule has 5 nitrogen and oxygen atoms in total. The standard InChI is InChI=1S/C22H30N2O3/c25-21(24-10-13-26-14-11-24)19-15-22(20-4-2-1-3-18(19)20)6-8-23(9-7-22)17-5-12-27-16-17/h1-4,17,19H,5-16H2/t17-,19-/m0/s1. The zero-order chi connectivity index (χ0) is 18.3. The van der Waals surface area contributed by atoms with Gasteiger partial charge in [0.1, 0.15) is 0 Å². The lowest BCUT2D eigenvalue weighted by molar-refractivity contribution is -0.137. The SMILES string of the molecule is O=C([C@H]1CC2(CCN([C@H]3CCOC3)CC2)c2ccccc21)N1CCOCC1. The van der Waals surface area contributed by atoms with Crippen LogP contribution in [0.25, 0.3) is 0 Å². The van der Waals surface area contributed by atoms with Gasteiger partial charge >= 0.3 is 0 Å². The summed E-state index contributed by atoms with van der Waals surface area (Å²) in [7, 11) is 0. The van der Waals surface area contributed by atoms with Gasteiger partial charge in [-0.3, -0.25) is 9.69 Å². The van der Waals surface area contributed by atoms with Crippen LogP contribution in [0.4, 0.5) is 0 Å². The summed E-state index contributed by atoms with van der Waals surface area (Å²) in [6, 6.07) is 9.34. The van der Waals surface area contributed by atoms with Crippen LogP contribution in [0.2, 0.25) is 0 Å². The molecule has 1 spiro atoms. The molecule has 0 saturated carbocycles. The van der Waals surface area contributed by atoms with E-state index in [0.29, 0.717) is 25.2 Å². The molecule has 3 heterocycles. The van der Waals surface area contributed by atoms with E-state index in [0.717, 1.165) is 58.7 Å². The van der Waals surface area contributed by atoms with Crippen molar-refractivity contribution in [2.75, 3.05) is 52.6 Å². The molecule has 27 heavy (non-hydrogen) atoms. The summed E-state index contributed by atoms with van der Waals surface area (Å²) in [6.07, 6.45) is 4.47. The Morgan fingerprint density at radius 2 is 1.78 bits per heavy atom. The number of benzene rings is 1. The third-order valence-corrected chi connectivity index (χ3v) is 7.30. The van der Waals surface area contributed by atoms with Crippen LogP contribution in [0.15, 0.2) is 24.3 Å². The van der Waals surface area contributed by atoms with E-state index >= 15 is 0 Å². The molecule has 1 aliphatic carbocycles. The molecule has 5 heteroatoms. The van der Waals surface area contributed by atoms with E-state index in [-0.39, 0.29) is 11.3 Å². The number of piperidine rings is 1. The third kappa shape index (κ3) is 3.10. The molecular formula is C22H30N2O3. The smallest absolute Gasteiger partial charge is 0.230 e. The molecule has 0 N–H and O–H groups in total. The molecule has 3 saturated heterocycles. The average molecular weight is 370 g/mol. The van der Waals surface area contributed by atoms with Crippen molar-refractivity contribution in [1.29, 1.82) is 0 Å². The van der Waals surface area contributed by atoms with Crippen LogP contribution in [-0.4, -0.2) is 74.4 Å². The van der Waals surface area contributed by atoms with Crippen LogP contribution in [-0.2, 0) is 19.7 Å². The predicted molar refractivity (Wildman–Crippen MR) is 103 cm³/mol. The Labute approximate surface area is 161 Å². The van der Waals surface area contributed by atoms with Gasteiger partial charge in [-0.15, -0.1) is 0 Å². The Morgan fingerprint density at radius 1 is 1.00 bits per heavy atom. The van der Waals surface area contributed by atoms with Gasteiger partial charge in [-0.05, 0) is 55.3 Å². The van der Waals surface area contributed by atoms with Gasteiger partial charge in [-0.1, -0.05) is 24.3 Å². The number of likely N-dealkylation sites (tertiary alicyclic amines) is 1. The number of fused-ring (bicyclic) bond motifs is 2. The van der Waals surface area contributed by atoms with E-state index in [4.69, 9.17) is 9.47 Å². The Kier molecular flexibility index (Phi) is 4.70. The van der Waals surface area contributed by atoms with E-state index in [9.17, 15) is 4.79 Å². The van der Waals surface area contributed by atoms with Crippen molar-refractivity contribution >= 4 is 5.91 Å². The number of ether oxygens (including phenoxy) is 2. The lowest BCUT2D eigenvalue weighted by Gasteiger charge is -2.42. The first-order valence-corrected chi connectivity index (χ1v) is 10.5. The number of hydrogen-bond donors (Lipinski definition) is 0. The van der Waals surface area contributed by atoms with Crippen LogP contribution in [0.1, 0.15) is 42.7 Å². The van der Waals surface area contributed by atoms with Gasteiger partial charge in [0.2, 0.25) is 5.91 Å². The molecule has 0 radical (unpaired) electrons. The van der Waals surface area contributed by atoms with Gasteiger partial charge < -0.3 is 14.4 Å². The Bertz CT molecular complexity index is 687. The first-order chi connectivity index (χ1) is 13.3. The van der Waals surface area contributed by atoms with Gasteiger partial charge in [-0.25, -0.2) is 0 Å². The van der Waals surface area contributed by atoms with Crippen molar-refractivity contribution in [1.82, 2.24) is 9.80 Å². The van der Waals surface area contributed by atoms with Crippen LogP contribution >= 0.6 is 0 Å². The monoisotopic (exact) mass is 370 g/mol. The molecule has 1 aromatic rings. The van der Waals surface area contributed by atoms with Gasteiger partial charge in [0, 0.05) is 25.7 Å². The number of amides is 1. The van der Waals surface area contributed by atoms with Crippen LogP contribution in [0.3, 0.4) is 0 Å². The fourth-order valence-electron chi connectivity index (χ4n) is 5.72. The second-order valence-electron chi connectivity index (χ2n) is 8.62. The summed E-state index contributed by atoms with van der Waals surface area (Å²) in [4.78, 5) is 18.0. The van der Waals surface area contributed by atoms with E-state index in [1.165, 1.54) is 17.5 Å². The van der Waals surface area contributed by atoms with Crippen LogP contribution in [0, 0.1) is 0 Å². The number of morpholine rings is 1. The Morgan fingerprint density at radius 3 is 2.52 bits per heavy atom. The van der Waals surface area contributed by atoms with Crippen molar-refractivity contribution in [3.8, 4) is 0 Å². The molecule has 3 aliphatic heterocycles. The zero-order valence-corrected chi connectivity index (χ0v) is 16.1. The number of carbonyl (C=O) groups is 1.